The van der Waals surface area contributed by atoms with Crippen LogP contribution in [0.3, 0.4) is 0 Å². The van der Waals surface area contributed by atoms with Crippen molar-refractivity contribution < 1.29 is 34.0 Å². The van der Waals surface area contributed by atoms with E-state index >= 15 is 0 Å². The maximum absolute atomic E-state index is 12.3. The normalized spacial score (nSPS) is 48.5. The summed E-state index contributed by atoms with van der Waals surface area (Å²) >= 11 is 6.01. The molecule has 0 amide bonds. The third kappa shape index (κ3) is 2.75. The highest BCUT2D eigenvalue weighted by Gasteiger charge is 2.64. The summed E-state index contributed by atoms with van der Waals surface area (Å²) < 4.78 is 16.4. The SMILES string of the molecule is C=C1CC(OC(=O)C2OC2C)C2C(=C)C(=O)OC2C2C1CC(O)C2(O)CCl. The standard InChI is InChI=1S/C19H23ClO7/c1-7-4-11(26-18(23)15-9(3)25-15)13-8(2)17(22)27-16(13)14-10(7)5-12(21)19(14,24)6-20/h9-16,21,24H,1-2,4-6H2,3H3. The minimum atomic E-state index is -1.63. The number of alkyl halides is 1. The zero-order valence-electron chi connectivity index (χ0n) is 15.0. The Kier molecular flexibility index (Phi) is 4.42. The first kappa shape index (κ1) is 18.9. The number of halogens is 1. The summed E-state index contributed by atoms with van der Waals surface area (Å²) in [7, 11) is 0. The van der Waals surface area contributed by atoms with E-state index in [4.69, 9.17) is 25.8 Å². The van der Waals surface area contributed by atoms with Gasteiger partial charge in [0.2, 0.25) is 0 Å². The van der Waals surface area contributed by atoms with E-state index in [2.05, 4.69) is 13.2 Å². The van der Waals surface area contributed by atoms with Gasteiger partial charge < -0.3 is 24.4 Å². The first-order valence-electron chi connectivity index (χ1n) is 9.08. The van der Waals surface area contributed by atoms with Crippen LogP contribution in [0.2, 0.25) is 0 Å². The minimum Gasteiger partial charge on any atom is -0.459 e. The molecule has 148 valence electrons. The first-order valence-corrected chi connectivity index (χ1v) is 9.62. The Morgan fingerprint density at radius 2 is 2.11 bits per heavy atom. The number of rotatable bonds is 3. The second-order valence-electron chi connectivity index (χ2n) is 8.03. The number of carbonyl (C=O) groups is 2. The van der Waals surface area contributed by atoms with Gasteiger partial charge in [-0.15, -0.1) is 11.6 Å². The molecule has 4 fully saturated rings. The van der Waals surface area contributed by atoms with Gasteiger partial charge in [0.15, 0.2) is 6.10 Å². The van der Waals surface area contributed by atoms with Crippen molar-refractivity contribution in [3.05, 3.63) is 24.3 Å². The van der Waals surface area contributed by atoms with Crippen LogP contribution in [0.1, 0.15) is 19.8 Å². The molecule has 0 radical (unpaired) electrons. The van der Waals surface area contributed by atoms with Crippen LogP contribution in [0.25, 0.3) is 0 Å². The van der Waals surface area contributed by atoms with Gasteiger partial charge in [0.1, 0.15) is 17.8 Å². The van der Waals surface area contributed by atoms with E-state index in [9.17, 15) is 19.8 Å². The molecule has 7 nitrogen and oxygen atoms in total. The van der Waals surface area contributed by atoms with Crippen molar-refractivity contribution in [2.75, 3.05) is 5.88 Å². The average molecular weight is 399 g/mol. The van der Waals surface area contributed by atoms with Crippen molar-refractivity contribution in [3.8, 4) is 0 Å². The van der Waals surface area contributed by atoms with Crippen LogP contribution in [0.5, 0.6) is 0 Å². The quantitative estimate of drug-likeness (QED) is 0.237. The van der Waals surface area contributed by atoms with Gasteiger partial charge in [0, 0.05) is 17.9 Å². The van der Waals surface area contributed by atoms with Crippen LogP contribution in [0, 0.1) is 17.8 Å². The molecule has 2 N–H and O–H groups in total. The van der Waals surface area contributed by atoms with Crippen LogP contribution < -0.4 is 0 Å². The van der Waals surface area contributed by atoms with Gasteiger partial charge in [-0.05, 0) is 19.3 Å². The number of carbonyl (C=O) groups excluding carboxylic acids is 2. The molecule has 2 saturated carbocycles. The number of aliphatic hydroxyl groups excluding tert-OH is 1. The summed E-state index contributed by atoms with van der Waals surface area (Å²) in [6.07, 6.45) is -2.82. The van der Waals surface area contributed by atoms with E-state index in [1.807, 2.05) is 0 Å². The highest BCUT2D eigenvalue weighted by atomic mass is 35.5. The Balaban J connectivity index is 1.70. The van der Waals surface area contributed by atoms with Gasteiger partial charge in [-0.3, -0.25) is 0 Å². The van der Waals surface area contributed by atoms with Gasteiger partial charge in [0.25, 0.3) is 0 Å². The van der Waals surface area contributed by atoms with Crippen LogP contribution in [-0.4, -0.2) is 64.2 Å². The van der Waals surface area contributed by atoms with Crippen molar-refractivity contribution in [1.29, 1.82) is 0 Å². The number of epoxide rings is 1. The smallest absolute Gasteiger partial charge is 0.338 e. The molecule has 4 aliphatic rings. The van der Waals surface area contributed by atoms with E-state index in [1.54, 1.807) is 6.92 Å². The predicted octanol–water partition coefficient (Wildman–Crippen LogP) is 0.710. The molecule has 4 rings (SSSR count). The molecule has 9 unspecified atom stereocenters. The molecular weight excluding hydrogens is 376 g/mol. The molecule has 0 spiro atoms. The van der Waals surface area contributed by atoms with Crippen LogP contribution in [0.4, 0.5) is 0 Å². The topological polar surface area (TPSA) is 106 Å². The fourth-order valence-electron chi connectivity index (χ4n) is 4.91. The molecule has 2 heterocycles. The number of hydrogen-bond donors (Lipinski definition) is 2. The maximum atomic E-state index is 12.3. The molecule has 9 atom stereocenters. The van der Waals surface area contributed by atoms with Crippen molar-refractivity contribution in [1.82, 2.24) is 0 Å². The molecule has 0 aromatic rings. The third-order valence-corrected chi connectivity index (χ3v) is 6.92. The lowest BCUT2D eigenvalue weighted by Crippen LogP contribution is -2.52. The fraction of sp³-hybridized carbons (Fsp3) is 0.684. The molecule has 2 aliphatic heterocycles. The van der Waals surface area contributed by atoms with Crippen LogP contribution in [0.15, 0.2) is 24.3 Å². The van der Waals surface area contributed by atoms with Crippen molar-refractivity contribution in [3.63, 3.8) is 0 Å². The molecule has 0 aromatic carbocycles. The average Bonchev–Trinajstić information content (AvgIpc) is 3.22. The lowest BCUT2D eigenvalue weighted by atomic mass is 9.76. The van der Waals surface area contributed by atoms with E-state index in [-0.39, 0.29) is 36.3 Å². The molecule has 0 aromatic heterocycles. The molecule has 2 saturated heterocycles. The molecule has 27 heavy (non-hydrogen) atoms. The zero-order valence-corrected chi connectivity index (χ0v) is 15.7. The highest BCUT2D eigenvalue weighted by Crippen LogP contribution is 2.55. The van der Waals surface area contributed by atoms with Crippen LogP contribution >= 0.6 is 11.6 Å². The number of fused-ring (bicyclic) bond motifs is 3. The van der Waals surface area contributed by atoms with E-state index in [1.165, 1.54) is 0 Å². The van der Waals surface area contributed by atoms with Gasteiger partial charge >= 0.3 is 11.9 Å². The number of esters is 2. The summed E-state index contributed by atoms with van der Waals surface area (Å²) in [4.78, 5) is 24.6. The van der Waals surface area contributed by atoms with Crippen molar-refractivity contribution >= 4 is 23.5 Å². The van der Waals surface area contributed by atoms with Gasteiger partial charge in [0.05, 0.1) is 24.0 Å². The molecular formula is C19H23ClO7. The summed E-state index contributed by atoms with van der Waals surface area (Å²) in [6, 6.07) is 0. The summed E-state index contributed by atoms with van der Waals surface area (Å²) in [5, 5.41) is 21.5. The monoisotopic (exact) mass is 398 g/mol. The number of ether oxygens (including phenoxy) is 3. The zero-order chi connectivity index (χ0) is 19.7. The second kappa shape index (κ2) is 6.30. The van der Waals surface area contributed by atoms with Crippen molar-refractivity contribution in [2.24, 2.45) is 17.8 Å². The Morgan fingerprint density at radius 3 is 2.70 bits per heavy atom. The van der Waals surface area contributed by atoms with E-state index < -0.39 is 53.8 Å². The summed E-state index contributed by atoms with van der Waals surface area (Å²) in [6.45, 7) is 9.69. The highest BCUT2D eigenvalue weighted by molar-refractivity contribution is 6.18. The van der Waals surface area contributed by atoms with E-state index in [0.717, 1.165) is 5.57 Å². The Labute approximate surface area is 161 Å². The maximum Gasteiger partial charge on any atom is 0.338 e. The summed E-state index contributed by atoms with van der Waals surface area (Å²) in [5.74, 6) is -2.89. The van der Waals surface area contributed by atoms with Crippen molar-refractivity contribution in [2.45, 2.75) is 55.9 Å². The fourth-order valence-corrected chi connectivity index (χ4v) is 5.27. The number of aliphatic hydroxyl groups is 2. The lowest BCUT2D eigenvalue weighted by Gasteiger charge is -2.37. The van der Waals surface area contributed by atoms with Gasteiger partial charge in [-0.25, -0.2) is 9.59 Å². The minimum absolute atomic E-state index is 0.189. The first-order chi connectivity index (χ1) is 12.7. The molecule has 8 heteroatoms. The number of hydrogen-bond acceptors (Lipinski definition) is 7. The Bertz CT molecular complexity index is 721. The van der Waals surface area contributed by atoms with Crippen LogP contribution in [-0.2, 0) is 23.8 Å². The largest absolute Gasteiger partial charge is 0.459 e. The molecule has 0 bridgehead atoms. The Morgan fingerprint density at radius 1 is 1.44 bits per heavy atom. The van der Waals surface area contributed by atoms with E-state index in [0.29, 0.717) is 0 Å². The second-order valence-corrected chi connectivity index (χ2v) is 8.30. The van der Waals surface area contributed by atoms with Gasteiger partial charge in [-0.2, -0.15) is 0 Å². The van der Waals surface area contributed by atoms with Gasteiger partial charge in [-0.1, -0.05) is 18.7 Å². The molecule has 2 aliphatic carbocycles. The third-order valence-electron chi connectivity index (χ3n) is 6.49. The Hall–Kier alpha value is -1.41. The lowest BCUT2D eigenvalue weighted by molar-refractivity contribution is -0.158. The predicted molar refractivity (Wildman–Crippen MR) is 93.8 cm³/mol. The summed E-state index contributed by atoms with van der Waals surface area (Å²) in [5.41, 5.74) is -0.717.